The molecule has 0 aliphatic carbocycles. The Morgan fingerprint density at radius 1 is 1.21 bits per heavy atom. The molecular formula is C19H16N4O. The quantitative estimate of drug-likeness (QED) is 0.692. The molecule has 0 aliphatic rings. The number of aromatic nitrogens is 3. The smallest absolute Gasteiger partial charge is 0.187 e. The first-order valence-electron chi connectivity index (χ1n) is 7.57. The lowest BCUT2D eigenvalue weighted by atomic mass is 9.95. The Balaban J connectivity index is 2.05. The molecule has 3 aromatic heterocycles. The van der Waals surface area contributed by atoms with E-state index in [1.54, 1.807) is 36.8 Å². The van der Waals surface area contributed by atoms with Crippen molar-refractivity contribution in [2.45, 2.75) is 19.8 Å². The fraction of sp³-hybridized carbons (Fsp3) is 0.158. The number of hydrogen-bond donors (Lipinski definition) is 0. The number of nitrogens with zero attached hydrogens (tertiary/aromatic N) is 4. The van der Waals surface area contributed by atoms with Gasteiger partial charge in [0.1, 0.15) is 0 Å². The molecule has 0 bridgehead atoms. The topological polar surface area (TPSA) is 71.6 Å². The summed E-state index contributed by atoms with van der Waals surface area (Å²) in [4.78, 5) is 21.2. The SMILES string of the molecule is Cc1cc(C(=O)[C@@H](C#N)c2ccccn2)c(C)n1-c1cccnc1. The van der Waals surface area contributed by atoms with Gasteiger partial charge in [-0.2, -0.15) is 5.26 Å². The van der Waals surface area contributed by atoms with Crippen LogP contribution in [0.5, 0.6) is 0 Å². The van der Waals surface area contributed by atoms with Gasteiger partial charge < -0.3 is 4.57 Å². The van der Waals surface area contributed by atoms with Gasteiger partial charge in [0.25, 0.3) is 0 Å². The summed E-state index contributed by atoms with van der Waals surface area (Å²) in [5, 5.41) is 9.47. The first-order chi connectivity index (χ1) is 11.6. The number of pyridine rings is 2. The molecule has 3 rings (SSSR count). The van der Waals surface area contributed by atoms with E-state index in [2.05, 4.69) is 16.0 Å². The van der Waals surface area contributed by atoms with Crippen LogP contribution in [0.15, 0.2) is 55.0 Å². The van der Waals surface area contributed by atoms with Crippen LogP contribution in [0.3, 0.4) is 0 Å². The van der Waals surface area contributed by atoms with Crippen molar-refractivity contribution < 1.29 is 4.79 Å². The fourth-order valence-electron chi connectivity index (χ4n) is 2.86. The molecule has 24 heavy (non-hydrogen) atoms. The van der Waals surface area contributed by atoms with Gasteiger partial charge in [0, 0.05) is 29.3 Å². The van der Waals surface area contributed by atoms with Gasteiger partial charge in [-0.1, -0.05) is 6.07 Å². The minimum atomic E-state index is -0.908. The molecule has 0 aliphatic heterocycles. The first kappa shape index (κ1) is 15.6. The second-order valence-corrected chi connectivity index (χ2v) is 5.51. The maximum absolute atomic E-state index is 12.9. The summed E-state index contributed by atoms with van der Waals surface area (Å²) in [6.45, 7) is 3.80. The van der Waals surface area contributed by atoms with Gasteiger partial charge in [-0.25, -0.2) is 0 Å². The molecule has 0 aromatic carbocycles. The van der Waals surface area contributed by atoms with Crippen LogP contribution in [-0.4, -0.2) is 20.3 Å². The molecule has 0 unspecified atom stereocenters. The van der Waals surface area contributed by atoms with Crippen LogP contribution in [0.25, 0.3) is 5.69 Å². The van der Waals surface area contributed by atoms with Crippen LogP contribution in [0.4, 0.5) is 0 Å². The second-order valence-electron chi connectivity index (χ2n) is 5.51. The Labute approximate surface area is 140 Å². The maximum Gasteiger partial charge on any atom is 0.187 e. The van der Waals surface area contributed by atoms with Gasteiger partial charge in [-0.15, -0.1) is 0 Å². The van der Waals surface area contributed by atoms with Crippen molar-refractivity contribution >= 4 is 5.78 Å². The molecule has 0 N–H and O–H groups in total. The number of Topliss-reactive ketones (excluding diaryl/α,β-unsaturated/α-hetero) is 1. The molecule has 0 spiro atoms. The molecule has 5 heteroatoms. The van der Waals surface area contributed by atoms with E-state index in [9.17, 15) is 10.1 Å². The lowest BCUT2D eigenvalue weighted by molar-refractivity contribution is 0.0977. The zero-order valence-electron chi connectivity index (χ0n) is 13.5. The van der Waals surface area contributed by atoms with Crippen molar-refractivity contribution in [2.24, 2.45) is 0 Å². The third-order valence-corrected chi connectivity index (χ3v) is 3.98. The molecule has 0 saturated heterocycles. The predicted octanol–water partition coefficient (Wildman–Crippen LogP) is 3.37. The molecule has 0 radical (unpaired) electrons. The van der Waals surface area contributed by atoms with Gasteiger partial charge >= 0.3 is 0 Å². The third kappa shape index (κ3) is 2.70. The minimum absolute atomic E-state index is 0.237. The molecular weight excluding hydrogens is 300 g/mol. The number of nitriles is 1. The minimum Gasteiger partial charge on any atom is -0.316 e. The Bertz CT molecular complexity index is 908. The molecule has 0 fully saturated rings. The van der Waals surface area contributed by atoms with Crippen LogP contribution in [0.2, 0.25) is 0 Å². The highest BCUT2D eigenvalue weighted by atomic mass is 16.1. The zero-order valence-corrected chi connectivity index (χ0v) is 13.5. The lowest BCUT2D eigenvalue weighted by Gasteiger charge is -2.10. The summed E-state index contributed by atoms with van der Waals surface area (Å²) in [5.41, 5.74) is 3.60. The summed E-state index contributed by atoms with van der Waals surface area (Å²) in [5.74, 6) is -1.14. The normalized spacial score (nSPS) is 11.7. The van der Waals surface area contributed by atoms with Crippen molar-refractivity contribution in [2.75, 3.05) is 0 Å². The maximum atomic E-state index is 12.9. The number of hydrogen-bond acceptors (Lipinski definition) is 4. The van der Waals surface area contributed by atoms with Crippen LogP contribution in [-0.2, 0) is 0 Å². The van der Waals surface area contributed by atoms with Crippen LogP contribution in [0.1, 0.15) is 33.4 Å². The Morgan fingerprint density at radius 2 is 2.04 bits per heavy atom. The van der Waals surface area contributed by atoms with Crippen molar-refractivity contribution in [1.29, 1.82) is 5.26 Å². The summed E-state index contributed by atoms with van der Waals surface area (Å²) < 4.78 is 1.97. The lowest BCUT2D eigenvalue weighted by Crippen LogP contribution is -2.13. The van der Waals surface area contributed by atoms with Crippen LogP contribution >= 0.6 is 0 Å². The Hall–Kier alpha value is -3.26. The zero-order chi connectivity index (χ0) is 17.1. The number of ketones is 1. The average molecular weight is 316 g/mol. The van der Waals surface area contributed by atoms with E-state index in [1.165, 1.54) is 0 Å². The number of aryl methyl sites for hydroxylation is 1. The van der Waals surface area contributed by atoms with E-state index >= 15 is 0 Å². The fourth-order valence-corrected chi connectivity index (χ4v) is 2.86. The van der Waals surface area contributed by atoms with Crippen molar-refractivity contribution in [3.8, 4) is 11.8 Å². The summed E-state index contributed by atoms with van der Waals surface area (Å²) >= 11 is 0. The van der Waals surface area contributed by atoms with E-state index in [-0.39, 0.29) is 5.78 Å². The van der Waals surface area contributed by atoms with E-state index < -0.39 is 5.92 Å². The van der Waals surface area contributed by atoms with Crippen LogP contribution in [0, 0.1) is 25.2 Å². The number of carbonyl (C=O) groups excluding carboxylic acids is 1. The molecule has 1 atom stereocenters. The first-order valence-corrected chi connectivity index (χ1v) is 7.57. The highest BCUT2D eigenvalue weighted by molar-refractivity contribution is 6.03. The van der Waals surface area contributed by atoms with E-state index in [0.717, 1.165) is 17.1 Å². The van der Waals surface area contributed by atoms with Crippen molar-refractivity contribution in [1.82, 2.24) is 14.5 Å². The summed E-state index contributed by atoms with van der Waals surface area (Å²) in [7, 11) is 0. The highest BCUT2D eigenvalue weighted by Crippen LogP contribution is 2.25. The van der Waals surface area contributed by atoms with Gasteiger partial charge in [0.2, 0.25) is 0 Å². The van der Waals surface area contributed by atoms with E-state index in [0.29, 0.717) is 11.3 Å². The molecule has 0 saturated carbocycles. The molecule has 118 valence electrons. The number of rotatable bonds is 4. The molecule has 3 heterocycles. The largest absolute Gasteiger partial charge is 0.316 e. The van der Waals surface area contributed by atoms with Gasteiger partial charge in [0.15, 0.2) is 11.7 Å². The third-order valence-electron chi connectivity index (χ3n) is 3.98. The predicted molar refractivity (Wildman–Crippen MR) is 90.0 cm³/mol. The van der Waals surface area contributed by atoms with Gasteiger partial charge in [-0.05, 0) is 44.2 Å². The summed E-state index contributed by atoms with van der Waals surface area (Å²) in [6, 6.07) is 12.9. The Morgan fingerprint density at radius 3 is 2.67 bits per heavy atom. The standard InChI is InChI=1S/C19H16N4O/c1-13-10-16(14(2)23(13)15-6-5-8-21-12-15)19(24)17(11-20)18-7-3-4-9-22-18/h3-10,12,17H,1-2H3/t17-/m0/s1. The molecule has 0 amide bonds. The molecule has 3 aromatic rings. The second kappa shape index (κ2) is 6.47. The monoisotopic (exact) mass is 316 g/mol. The van der Waals surface area contributed by atoms with E-state index in [4.69, 9.17) is 0 Å². The summed E-state index contributed by atoms with van der Waals surface area (Å²) in [6.07, 6.45) is 5.04. The van der Waals surface area contributed by atoms with Gasteiger partial charge in [-0.3, -0.25) is 14.8 Å². The number of carbonyl (C=O) groups is 1. The Kier molecular flexibility index (Phi) is 4.21. The van der Waals surface area contributed by atoms with Crippen molar-refractivity contribution in [3.63, 3.8) is 0 Å². The highest BCUT2D eigenvalue weighted by Gasteiger charge is 2.26. The van der Waals surface area contributed by atoms with Gasteiger partial charge in [0.05, 0.1) is 23.6 Å². The average Bonchev–Trinajstić information content (AvgIpc) is 2.91. The molecule has 5 nitrogen and oxygen atoms in total. The van der Waals surface area contributed by atoms with Crippen LogP contribution < -0.4 is 0 Å². The van der Waals surface area contributed by atoms with E-state index in [1.807, 2.05) is 36.6 Å². The van der Waals surface area contributed by atoms with Crippen molar-refractivity contribution in [3.05, 3.63) is 77.6 Å².